The van der Waals surface area contributed by atoms with Crippen molar-refractivity contribution in [3.63, 3.8) is 0 Å². The van der Waals surface area contributed by atoms with Crippen molar-refractivity contribution in [2.45, 2.75) is 6.92 Å². The summed E-state index contributed by atoms with van der Waals surface area (Å²) in [5.74, 6) is -0.468. The Morgan fingerprint density at radius 3 is 2.55 bits per heavy atom. The molecule has 1 nitrogen and oxygen atoms in total. The van der Waals surface area contributed by atoms with Crippen molar-refractivity contribution in [2.75, 3.05) is 0 Å². The summed E-state index contributed by atoms with van der Waals surface area (Å²) in [6, 6.07) is 4.28. The molecule has 11 heavy (non-hydrogen) atoms. The Morgan fingerprint density at radius 1 is 1.45 bits per heavy atom. The van der Waals surface area contributed by atoms with Gasteiger partial charge >= 0.3 is 0 Å². The lowest BCUT2D eigenvalue weighted by Crippen LogP contribution is -1.93. The number of carbonyl (C=O) groups is 1. The van der Waals surface area contributed by atoms with Gasteiger partial charge in [-0.25, -0.2) is 4.39 Å². The normalized spacial score (nSPS) is 9.73. The molecule has 0 aliphatic heterocycles. The molecule has 0 N–H and O–H groups in total. The van der Waals surface area contributed by atoms with Crippen LogP contribution in [0, 0.1) is 9.39 Å². The van der Waals surface area contributed by atoms with Crippen LogP contribution in [0.4, 0.5) is 4.39 Å². The minimum absolute atomic E-state index is 0.109. The zero-order valence-corrected chi connectivity index (χ0v) is 8.05. The first kappa shape index (κ1) is 8.64. The SMILES string of the molecule is CC(=O)c1cc(F)cc(I)c1. The van der Waals surface area contributed by atoms with E-state index in [9.17, 15) is 9.18 Å². The largest absolute Gasteiger partial charge is 0.295 e. The molecule has 0 amide bonds. The van der Waals surface area contributed by atoms with E-state index >= 15 is 0 Å². The van der Waals surface area contributed by atoms with Crippen LogP contribution in [-0.4, -0.2) is 5.78 Å². The number of hydrogen-bond donors (Lipinski definition) is 0. The molecule has 58 valence electrons. The summed E-state index contributed by atoms with van der Waals surface area (Å²) in [6.07, 6.45) is 0. The Kier molecular flexibility index (Phi) is 2.59. The number of Topliss-reactive ketones (excluding diaryl/α,β-unsaturated/α-hetero) is 1. The Labute approximate surface area is 77.8 Å². The first-order valence-electron chi connectivity index (χ1n) is 3.06. The predicted octanol–water partition coefficient (Wildman–Crippen LogP) is 2.63. The fourth-order valence-corrected chi connectivity index (χ4v) is 1.39. The number of carbonyl (C=O) groups excluding carboxylic acids is 1. The number of benzene rings is 1. The second-order valence-corrected chi connectivity index (χ2v) is 3.46. The van der Waals surface area contributed by atoms with Gasteiger partial charge in [0.25, 0.3) is 0 Å². The Hall–Kier alpha value is -0.450. The minimum Gasteiger partial charge on any atom is -0.295 e. The van der Waals surface area contributed by atoms with Gasteiger partial charge in [0.2, 0.25) is 0 Å². The van der Waals surface area contributed by atoms with E-state index < -0.39 is 0 Å². The van der Waals surface area contributed by atoms with Crippen molar-refractivity contribution in [3.8, 4) is 0 Å². The van der Waals surface area contributed by atoms with E-state index in [0.717, 1.165) is 3.57 Å². The molecule has 0 bridgehead atoms. The van der Waals surface area contributed by atoms with E-state index in [1.54, 1.807) is 6.07 Å². The van der Waals surface area contributed by atoms with Crippen LogP contribution in [0.2, 0.25) is 0 Å². The number of hydrogen-bond acceptors (Lipinski definition) is 1. The zero-order valence-electron chi connectivity index (χ0n) is 5.90. The molecule has 0 saturated carbocycles. The maximum atomic E-state index is 12.6. The topological polar surface area (TPSA) is 17.1 Å². The average Bonchev–Trinajstić information content (AvgIpc) is 1.85. The highest BCUT2D eigenvalue weighted by Gasteiger charge is 2.01. The van der Waals surface area contributed by atoms with Crippen LogP contribution in [0.1, 0.15) is 17.3 Å². The lowest BCUT2D eigenvalue weighted by molar-refractivity contribution is 0.101. The van der Waals surface area contributed by atoms with Gasteiger partial charge in [-0.15, -0.1) is 0 Å². The van der Waals surface area contributed by atoms with Crippen LogP contribution < -0.4 is 0 Å². The Bertz CT molecular complexity index is 276. The fraction of sp³-hybridized carbons (Fsp3) is 0.125. The van der Waals surface area contributed by atoms with Crippen molar-refractivity contribution < 1.29 is 9.18 Å². The van der Waals surface area contributed by atoms with E-state index in [2.05, 4.69) is 0 Å². The molecule has 0 spiro atoms. The van der Waals surface area contributed by atoms with E-state index in [-0.39, 0.29) is 11.6 Å². The van der Waals surface area contributed by atoms with Gasteiger partial charge in [-0.05, 0) is 47.7 Å². The third kappa shape index (κ3) is 2.25. The second kappa shape index (κ2) is 3.30. The third-order valence-corrected chi connectivity index (χ3v) is 1.89. The summed E-state index contributed by atoms with van der Waals surface area (Å²) in [7, 11) is 0. The molecule has 0 atom stereocenters. The van der Waals surface area contributed by atoms with Crippen molar-refractivity contribution >= 4 is 28.4 Å². The maximum absolute atomic E-state index is 12.6. The van der Waals surface area contributed by atoms with Crippen LogP contribution in [0.25, 0.3) is 0 Å². The third-order valence-electron chi connectivity index (χ3n) is 1.27. The van der Waals surface area contributed by atoms with Crippen LogP contribution >= 0.6 is 22.6 Å². The molecule has 1 aromatic carbocycles. The Morgan fingerprint density at radius 2 is 2.09 bits per heavy atom. The molecule has 0 aliphatic rings. The van der Waals surface area contributed by atoms with Crippen molar-refractivity contribution in [1.82, 2.24) is 0 Å². The van der Waals surface area contributed by atoms with Crippen LogP contribution in [0.15, 0.2) is 18.2 Å². The fourth-order valence-electron chi connectivity index (χ4n) is 0.757. The van der Waals surface area contributed by atoms with Gasteiger partial charge < -0.3 is 0 Å². The zero-order chi connectivity index (χ0) is 8.43. The molecular formula is C8H6FIO. The summed E-state index contributed by atoms with van der Waals surface area (Å²) in [4.78, 5) is 10.8. The van der Waals surface area contributed by atoms with Crippen LogP contribution in [-0.2, 0) is 0 Å². The van der Waals surface area contributed by atoms with Crippen LogP contribution in [0.5, 0.6) is 0 Å². The van der Waals surface area contributed by atoms with E-state index in [4.69, 9.17) is 0 Å². The summed E-state index contributed by atoms with van der Waals surface area (Å²) < 4.78 is 13.4. The van der Waals surface area contributed by atoms with Gasteiger partial charge in [0.15, 0.2) is 5.78 Å². The summed E-state index contributed by atoms with van der Waals surface area (Å²) in [6.45, 7) is 1.42. The summed E-state index contributed by atoms with van der Waals surface area (Å²) >= 11 is 1.97. The molecule has 0 aromatic heterocycles. The number of halogens is 2. The molecule has 0 heterocycles. The maximum Gasteiger partial charge on any atom is 0.159 e. The van der Waals surface area contributed by atoms with Gasteiger partial charge in [-0.2, -0.15) is 0 Å². The molecule has 0 fully saturated rings. The molecule has 3 heteroatoms. The highest BCUT2D eigenvalue weighted by molar-refractivity contribution is 14.1. The molecular weight excluding hydrogens is 258 g/mol. The molecule has 0 radical (unpaired) electrons. The molecule has 0 saturated heterocycles. The van der Waals surface area contributed by atoms with Gasteiger partial charge in [-0.3, -0.25) is 4.79 Å². The van der Waals surface area contributed by atoms with E-state index in [1.807, 2.05) is 22.6 Å². The van der Waals surface area contributed by atoms with Gasteiger partial charge in [-0.1, -0.05) is 0 Å². The molecule has 0 unspecified atom stereocenters. The number of ketones is 1. The van der Waals surface area contributed by atoms with Crippen molar-refractivity contribution in [3.05, 3.63) is 33.1 Å². The van der Waals surface area contributed by atoms with Gasteiger partial charge in [0, 0.05) is 9.13 Å². The van der Waals surface area contributed by atoms with Gasteiger partial charge in [0.1, 0.15) is 5.82 Å². The average molecular weight is 264 g/mol. The summed E-state index contributed by atoms with van der Waals surface area (Å²) in [5, 5.41) is 0. The highest BCUT2D eigenvalue weighted by Crippen LogP contribution is 2.11. The standard InChI is InChI=1S/C8H6FIO/c1-5(11)6-2-7(9)4-8(10)3-6/h2-4H,1H3. The lowest BCUT2D eigenvalue weighted by Gasteiger charge is -1.96. The summed E-state index contributed by atoms with van der Waals surface area (Å²) in [5.41, 5.74) is 0.425. The van der Waals surface area contributed by atoms with Crippen LogP contribution in [0.3, 0.4) is 0 Å². The Balaban J connectivity index is 3.19. The first-order valence-corrected chi connectivity index (χ1v) is 4.14. The van der Waals surface area contributed by atoms with E-state index in [1.165, 1.54) is 19.1 Å². The van der Waals surface area contributed by atoms with Crippen molar-refractivity contribution in [2.24, 2.45) is 0 Å². The lowest BCUT2D eigenvalue weighted by atomic mass is 10.1. The highest BCUT2D eigenvalue weighted by atomic mass is 127. The van der Waals surface area contributed by atoms with E-state index in [0.29, 0.717) is 5.56 Å². The molecule has 1 aromatic rings. The van der Waals surface area contributed by atoms with Crippen molar-refractivity contribution in [1.29, 1.82) is 0 Å². The monoisotopic (exact) mass is 264 g/mol. The second-order valence-electron chi connectivity index (χ2n) is 2.21. The predicted molar refractivity (Wildman–Crippen MR) is 49.1 cm³/mol. The van der Waals surface area contributed by atoms with Gasteiger partial charge in [0.05, 0.1) is 0 Å². The smallest absolute Gasteiger partial charge is 0.159 e. The first-order chi connectivity index (χ1) is 5.09. The molecule has 1 rings (SSSR count). The quantitative estimate of drug-likeness (QED) is 0.563. The number of rotatable bonds is 1. The molecule has 0 aliphatic carbocycles. The minimum atomic E-state index is -0.359.